The van der Waals surface area contributed by atoms with Crippen LogP contribution >= 0.6 is 0 Å². The monoisotopic (exact) mass is 241 g/mol. The summed E-state index contributed by atoms with van der Waals surface area (Å²) >= 11 is 0. The Labute approximate surface area is 106 Å². The van der Waals surface area contributed by atoms with E-state index in [0.29, 0.717) is 0 Å². The number of nitrogens with one attached hydrogen (secondary N) is 2. The predicted molar refractivity (Wildman–Crippen MR) is 74.7 cm³/mol. The van der Waals surface area contributed by atoms with Crippen LogP contribution in [0.1, 0.15) is 13.3 Å². The molecule has 0 spiro atoms. The highest BCUT2D eigenvalue weighted by Gasteiger charge is 2.05. The van der Waals surface area contributed by atoms with Gasteiger partial charge in [0.15, 0.2) is 0 Å². The number of allylic oxidation sites excluding steroid dienone is 1. The van der Waals surface area contributed by atoms with Crippen LogP contribution in [-0.4, -0.2) is 12.1 Å². The van der Waals surface area contributed by atoms with Gasteiger partial charge in [0.1, 0.15) is 0 Å². The van der Waals surface area contributed by atoms with Gasteiger partial charge in [-0.15, -0.1) is 0 Å². The van der Waals surface area contributed by atoms with Crippen LogP contribution in [0.3, 0.4) is 0 Å². The van der Waals surface area contributed by atoms with Crippen molar-refractivity contribution in [2.75, 3.05) is 10.6 Å². The molecule has 0 bridgehead atoms. The van der Waals surface area contributed by atoms with E-state index in [4.69, 9.17) is 0 Å². The van der Waals surface area contributed by atoms with Gasteiger partial charge in [0, 0.05) is 42.8 Å². The summed E-state index contributed by atoms with van der Waals surface area (Å²) in [5, 5.41) is 5.93. The number of amides is 1. The van der Waals surface area contributed by atoms with Crippen molar-refractivity contribution in [3.63, 3.8) is 0 Å². The SMILES string of the molecule is C=C(Nc1ccc(NC(C)=O)cc1)C1=CN=CC1. The van der Waals surface area contributed by atoms with E-state index in [0.717, 1.165) is 29.1 Å². The molecule has 1 aliphatic rings. The Morgan fingerprint density at radius 1 is 1.22 bits per heavy atom. The summed E-state index contributed by atoms with van der Waals surface area (Å²) in [6, 6.07) is 7.48. The molecule has 92 valence electrons. The Kier molecular flexibility index (Phi) is 3.57. The lowest BCUT2D eigenvalue weighted by Crippen LogP contribution is -2.06. The summed E-state index contributed by atoms with van der Waals surface area (Å²) < 4.78 is 0. The average Bonchev–Trinajstić information content (AvgIpc) is 2.84. The van der Waals surface area contributed by atoms with Crippen molar-refractivity contribution in [2.45, 2.75) is 13.3 Å². The van der Waals surface area contributed by atoms with Crippen LogP contribution in [0.4, 0.5) is 11.4 Å². The van der Waals surface area contributed by atoms with E-state index >= 15 is 0 Å². The molecule has 0 radical (unpaired) electrons. The Bertz CT molecular complexity index is 526. The molecule has 0 fully saturated rings. The molecule has 0 unspecified atom stereocenters. The van der Waals surface area contributed by atoms with Gasteiger partial charge in [-0.05, 0) is 29.8 Å². The summed E-state index contributed by atoms with van der Waals surface area (Å²) in [4.78, 5) is 14.9. The maximum atomic E-state index is 10.9. The highest BCUT2D eigenvalue weighted by molar-refractivity contribution is 5.88. The summed E-state index contributed by atoms with van der Waals surface area (Å²) in [7, 11) is 0. The molecular formula is C14H15N3O. The maximum Gasteiger partial charge on any atom is 0.221 e. The fourth-order valence-electron chi connectivity index (χ4n) is 1.64. The molecule has 4 nitrogen and oxygen atoms in total. The normalized spacial score (nSPS) is 13.1. The van der Waals surface area contributed by atoms with Crippen LogP contribution in [0, 0.1) is 0 Å². The van der Waals surface area contributed by atoms with Crippen molar-refractivity contribution in [2.24, 2.45) is 4.99 Å². The molecule has 0 saturated carbocycles. The number of nitrogens with zero attached hydrogens (tertiary/aromatic N) is 1. The van der Waals surface area contributed by atoms with Crippen molar-refractivity contribution in [3.8, 4) is 0 Å². The minimum absolute atomic E-state index is 0.0756. The van der Waals surface area contributed by atoms with Gasteiger partial charge in [-0.2, -0.15) is 0 Å². The molecule has 18 heavy (non-hydrogen) atoms. The molecule has 4 heteroatoms. The van der Waals surface area contributed by atoms with Gasteiger partial charge in [0.05, 0.1) is 0 Å². The Morgan fingerprint density at radius 3 is 2.33 bits per heavy atom. The number of hydrogen-bond acceptors (Lipinski definition) is 3. The summed E-state index contributed by atoms with van der Waals surface area (Å²) in [5.74, 6) is -0.0756. The molecule has 0 aliphatic carbocycles. The van der Waals surface area contributed by atoms with E-state index < -0.39 is 0 Å². The third-order valence-electron chi connectivity index (χ3n) is 2.54. The number of rotatable bonds is 4. The van der Waals surface area contributed by atoms with Crippen molar-refractivity contribution in [1.29, 1.82) is 0 Å². The maximum absolute atomic E-state index is 10.9. The number of carbonyl (C=O) groups excluding carboxylic acids is 1. The lowest BCUT2D eigenvalue weighted by molar-refractivity contribution is -0.114. The van der Waals surface area contributed by atoms with Crippen LogP contribution in [-0.2, 0) is 4.79 Å². The van der Waals surface area contributed by atoms with Gasteiger partial charge >= 0.3 is 0 Å². The summed E-state index contributed by atoms with van der Waals surface area (Å²) in [6.07, 6.45) is 4.47. The smallest absolute Gasteiger partial charge is 0.221 e. The zero-order valence-electron chi connectivity index (χ0n) is 10.2. The number of carbonyl (C=O) groups is 1. The average molecular weight is 241 g/mol. The van der Waals surface area contributed by atoms with Crippen molar-refractivity contribution in [3.05, 3.63) is 48.3 Å². The molecule has 2 N–H and O–H groups in total. The highest BCUT2D eigenvalue weighted by atomic mass is 16.1. The van der Waals surface area contributed by atoms with Crippen molar-refractivity contribution < 1.29 is 4.79 Å². The Morgan fingerprint density at radius 2 is 1.83 bits per heavy atom. The van der Waals surface area contributed by atoms with Crippen molar-refractivity contribution in [1.82, 2.24) is 0 Å². The van der Waals surface area contributed by atoms with E-state index in [1.54, 1.807) is 6.20 Å². The molecule has 1 heterocycles. The molecule has 0 saturated heterocycles. The van der Waals surface area contributed by atoms with Gasteiger partial charge in [-0.1, -0.05) is 6.58 Å². The van der Waals surface area contributed by atoms with Crippen LogP contribution in [0.5, 0.6) is 0 Å². The first-order chi connectivity index (χ1) is 8.65. The van der Waals surface area contributed by atoms with E-state index in [1.165, 1.54) is 6.92 Å². The van der Waals surface area contributed by atoms with Crippen molar-refractivity contribution >= 4 is 23.5 Å². The second-order valence-electron chi connectivity index (χ2n) is 4.05. The number of benzene rings is 1. The topological polar surface area (TPSA) is 53.5 Å². The van der Waals surface area contributed by atoms with Crippen LogP contribution in [0.25, 0.3) is 0 Å². The molecule has 1 aromatic carbocycles. The van der Waals surface area contributed by atoms with Crippen LogP contribution in [0.2, 0.25) is 0 Å². The highest BCUT2D eigenvalue weighted by Crippen LogP contribution is 2.20. The quantitative estimate of drug-likeness (QED) is 0.851. The van der Waals surface area contributed by atoms with Gasteiger partial charge < -0.3 is 10.6 Å². The second kappa shape index (κ2) is 5.31. The summed E-state index contributed by atoms with van der Waals surface area (Å²) in [6.45, 7) is 5.46. The molecule has 1 aliphatic heterocycles. The standard InChI is InChI=1S/C14H15N3O/c1-10(12-7-8-15-9-12)16-13-3-5-14(6-4-13)17-11(2)18/h3-6,8-9,16H,1,7H2,2H3,(H,17,18). The lowest BCUT2D eigenvalue weighted by Gasteiger charge is -2.10. The van der Waals surface area contributed by atoms with Crippen LogP contribution in [0.15, 0.2) is 53.3 Å². The Hall–Kier alpha value is -2.36. The largest absolute Gasteiger partial charge is 0.356 e. The fourth-order valence-corrected chi connectivity index (χ4v) is 1.64. The summed E-state index contributed by atoms with van der Waals surface area (Å²) in [5.41, 5.74) is 3.64. The molecule has 0 atom stereocenters. The van der Waals surface area contributed by atoms with E-state index in [-0.39, 0.29) is 5.91 Å². The zero-order valence-corrected chi connectivity index (χ0v) is 10.2. The zero-order chi connectivity index (χ0) is 13.0. The lowest BCUT2D eigenvalue weighted by atomic mass is 10.1. The molecule has 1 amide bonds. The minimum Gasteiger partial charge on any atom is -0.356 e. The molecular weight excluding hydrogens is 226 g/mol. The van der Waals surface area contributed by atoms with Gasteiger partial charge in [-0.25, -0.2) is 0 Å². The first-order valence-electron chi connectivity index (χ1n) is 5.70. The third kappa shape index (κ3) is 3.07. The van der Waals surface area contributed by atoms with Crippen LogP contribution < -0.4 is 10.6 Å². The first-order valence-corrected chi connectivity index (χ1v) is 5.70. The minimum atomic E-state index is -0.0756. The molecule has 0 aromatic heterocycles. The predicted octanol–water partition coefficient (Wildman–Crippen LogP) is 2.93. The fraction of sp³-hybridized carbons (Fsp3) is 0.143. The van der Waals surface area contributed by atoms with E-state index in [1.807, 2.05) is 30.5 Å². The Balaban J connectivity index is 1.97. The van der Waals surface area contributed by atoms with Gasteiger partial charge in [-0.3, -0.25) is 9.79 Å². The number of hydrogen-bond donors (Lipinski definition) is 2. The second-order valence-corrected chi connectivity index (χ2v) is 4.05. The molecule has 1 aromatic rings. The third-order valence-corrected chi connectivity index (χ3v) is 2.54. The number of anilines is 2. The van der Waals surface area contributed by atoms with Gasteiger partial charge in [0.25, 0.3) is 0 Å². The van der Waals surface area contributed by atoms with E-state index in [2.05, 4.69) is 22.2 Å². The van der Waals surface area contributed by atoms with Gasteiger partial charge in [0.2, 0.25) is 5.91 Å². The van der Waals surface area contributed by atoms with E-state index in [9.17, 15) is 4.79 Å². The first kappa shape index (κ1) is 12.1. The number of aliphatic imine (C=N–C) groups is 1. The molecule has 2 rings (SSSR count).